The Labute approximate surface area is 213 Å². The van der Waals surface area contributed by atoms with E-state index in [1.54, 1.807) is 7.11 Å². The summed E-state index contributed by atoms with van der Waals surface area (Å²) in [5, 5.41) is 0. The fourth-order valence-corrected chi connectivity index (χ4v) is 6.27. The summed E-state index contributed by atoms with van der Waals surface area (Å²) in [6.07, 6.45) is 11.9. The average Bonchev–Trinajstić information content (AvgIpc) is 3.03. The molecule has 1 aliphatic heterocycles. The third kappa shape index (κ3) is 5.26. The molecule has 1 saturated heterocycles. The minimum absolute atomic E-state index is 0.0297. The third-order valence-corrected chi connectivity index (χ3v) is 8.24. The van der Waals surface area contributed by atoms with Crippen molar-refractivity contribution in [2.45, 2.75) is 64.0 Å². The number of aromatic nitrogens is 3. The van der Waals surface area contributed by atoms with Gasteiger partial charge in [-0.25, -0.2) is 4.79 Å². The number of fused-ring (bicyclic) bond motifs is 1. The molecule has 0 radical (unpaired) electrons. The Kier molecular flexibility index (Phi) is 7.85. The highest BCUT2D eigenvalue weighted by molar-refractivity contribution is 5.79. The number of imidazole rings is 1. The minimum atomic E-state index is 0.0297. The highest BCUT2D eigenvalue weighted by Gasteiger charge is 2.32. The van der Waals surface area contributed by atoms with Gasteiger partial charge in [0.1, 0.15) is 0 Å². The smallest absolute Gasteiger partial charge is 0.329 e. The van der Waals surface area contributed by atoms with Gasteiger partial charge in [-0.05, 0) is 74.3 Å². The number of hydrogen-bond acceptors (Lipinski definition) is 4. The molecule has 1 saturated carbocycles. The van der Waals surface area contributed by atoms with Crippen LogP contribution in [0.2, 0.25) is 0 Å². The molecule has 2 aromatic heterocycles. The lowest BCUT2D eigenvalue weighted by Gasteiger charge is -2.34. The first kappa shape index (κ1) is 24.8. The SMILES string of the molecule is COCCn1c(=O)n(C2CCN(C(=O)C3CCCC(Cc4ccncc4)CC3)CC2)c2ccccc21. The summed E-state index contributed by atoms with van der Waals surface area (Å²) in [6, 6.07) is 12.3. The summed E-state index contributed by atoms with van der Waals surface area (Å²) in [4.78, 5) is 33.0. The zero-order valence-corrected chi connectivity index (χ0v) is 21.3. The molecule has 0 spiro atoms. The van der Waals surface area contributed by atoms with Crippen molar-refractivity contribution < 1.29 is 9.53 Å². The molecule has 2 unspecified atom stereocenters. The molecule has 192 valence electrons. The van der Waals surface area contributed by atoms with E-state index < -0.39 is 0 Å². The van der Waals surface area contributed by atoms with Crippen molar-refractivity contribution >= 4 is 16.9 Å². The summed E-state index contributed by atoms with van der Waals surface area (Å²) >= 11 is 0. The van der Waals surface area contributed by atoms with Crippen LogP contribution in [-0.2, 0) is 22.5 Å². The molecular formula is C29H38N4O3. The molecule has 3 heterocycles. The first-order chi connectivity index (χ1) is 17.7. The van der Waals surface area contributed by atoms with Crippen LogP contribution in [0, 0.1) is 11.8 Å². The highest BCUT2D eigenvalue weighted by Crippen LogP contribution is 2.32. The number of benzene rings is 1. The van der Waals surface area contributed by atoms with Crippen LogP contribution >= 0.6 is 0 Å². The Morgan fingerprint density at radius 2 is 1.72 bits per heavy atom. The van der Waals surface area contributed by atoms with Crippen LogP contribution in [-0.4, -0.2) is 51.7 Å². The van der Waals surface area contributed by atoms with Gasteiger partial charge in [0.2, 0.25) is 5.91 Å². The van der Waals surface area contributed by atoms with Crippen LogP contribution in [0.5, 0.6) is 0 Å². The van der Waals surface area contributed by atoms with Gasteiger partial charge in [0.25, 0.3) is 0 Å². The number of para-hydroxylation sites is 2. The molecule has 1 aromatic carbocycles. The number of hydrogen-bond donors (Lipinski definition) is 0. The number of carbonyl (C=O) groups is 1. The maximum Gasteiger partial charge on any atom is 0.329 e. The van der Waals surface area contributed by atoms with Gasteiger partial charge in [0.15, 0.2) is 0 Å². The zero-order valence-electron chi connectivity index (χ0n) is 21.3. The Hall–Kier alpha value is -2.93. The van der Waals surface area contributed by atoms with Gasteiger partial charge in [-0.15, -0.1) is 0 Å². The molecule has 0 N–H and O–H groups in total. The summed E-state index contributed by atoms with van der Waals surface area (Å²) in [5.74, 6) is 1.12. The third-order valence-electron chi connectivity index (χ3n) is 8.24. The number of pyridine rings is 1. The molecule has 5 rings (SSSR count). The maximum absolute atomic E-state index is 13.4. The van der Waals surface area contributed by atoms with E-state index in [4.69, 9.17) is 4.74 Å². The van der Waals surface area contributed by atoms with Gasteiger partial charge >= 0.3 is 5.69 Å². The van der Waals surface area contributed by atoms with Gasteiger partial charge in [0.05, 0.1) is 24.2 Å². The van der Waals surface area contributed by atoms with Crippen molar-refractivity contribution in [3.8, 4) is 0 Å². The van der Waals surface area contributed by atoms with Crippen molar-refractivity contribution in [1.29, 1.82) is 0 Å². The average molecular weight is 491 g/mol. The van der Waals surface area contributed by atoms with Crippen molar-refractivity contribution in [3.05, 3.63) is 64.8 Å². The van der Waals surface area contributed by atoms with Crippen LogP contribution < -0.4 is 5.69 Å². The maximum atomic E-state index is 13.4. The zero-order chi connectivity index (χ0) is 24.9. The Morgan fingerprint density at radius 1 is 0.972 bits per heavy atom. The minimum Gasteiger partial charge on any atom is -0.383 e. The molecule has 0 bridgehead atoms. The molecule has 36 heavy (non-hydrogen) atoms. The van der Waals surface area contributed by atoms with Gasteiger partial charge in [-0.2, -0.15) is 0 Å². The summed E-state index contributed by atoms with van der Waals surface area (Å²) in [7, 11) is 1.66. The molecular weight excluding hydrogens is 452 g/mol. The standard InChI is InChI=1S/C29H38N4O3/c1-36-20-19-32-26-7-2-3-8-27(26)33(29(32)35)25-13-17-31(18-14-25)28(34)24-6-4-5-22(9-10-24)21-23-11-15-30-16-12-23/h2-3,7-8,11-12,15-16,22,24-25H,4-6,9-10,13-14,17-21H2,1H3. The number of amides is 1. The molecule has 2 fully saturated rings. The quantitative estimate of drug-likeness (QED) is 0.459. The fraction of sp³-hybridized carbons (Fsp3) is 0.552. The predicted octanol–water partition coefficient (Wildman–Crippen LogP) is 4.45. The van der Waals surface area contributed by atoms with E-state index in [-0.39, 0.29) is 17.6 Å². The van der Waals surface area contributed by atoms with Gasteiger partial charge in [-0.1, -0.05) is 25.0 Å². The van der Waals surface area contributed by atoms with E-state index in [0.29, 0.717) is 25.0 Å². The first-order valence-corrected chi connectivity index (χ1v) is 13.5. The van der Waals surface area contributed by atoms with Crippen LogP contribution in [0.3, 0.4) is 0 Å². The molecule has 1 amide bonds. The molecule has 2 aliphatic rings. The predicted molar refractivity (Wildman–Crippen MR) is 141 cm³/mol. The second kappa shape index (κ2) is 11.4. The van der Waals surface area contributed by atoms with Crippen molar-refractivity contribution in [2.24, 2.45) is 11.8 Å². The topological polar surface area (TPSA) is 69.4 Å². The second-order valence-electron chi connectivity index (χ2n) is 10.5. The summed E-state index contributed by atoms with van der Waals surface area (Å²) in [5.41, 5.74) is 3.31. The monoisotopic (exact) mass is 490 g/mol. The van der Waals surface area contributed by atoms with E-state index in [2.05, 4.69) is 22.0 Å². The van der Waals surface area contributed by atoms with Crippen LogP contribution in [0.1, 0.15) is 56.6 Å². The van der Waals surface area contributed by atoms with Gasteiger partial charge in [0, 0.05) is 44.6 Å². The normalized spacial score (nSPS) is 21.5. The first-order valence-electron chi connectivity index (χ1n) is 13.5. The van der Waals surface area contributed by atoms with Crippen molar-refractivity contribution in [2.75, 3.05) is 26.8 Å². The lowest BCUT2D eigenvalue weighted by atomic mass is 9.92. The van der Waals surface area contributed by atoms with Crippen LogP contribution in [0.4, 0.5) is 0 Å². The van der Waals surface area contributed by atoms with E-state index in [1.807, 2.05) is 45.8 Å². The largest absolute Gasteiger partial charge is 0.383 e. The van der Waals surface area contributed by atoms with Gasteiger partial charge < -0.3 is 9.64 Å². The fourth-order valence-electron chi connectivity index (χ4n) is 6.27. The molecule has 7 heteroatoms. The molecule has 3 aromatic rings. The van der Waals surface area contributed by atoms with E-state index >= 15 is 0 Å². The molecule has 2 atom stereocenters. The second-order valence-corrected chi connectivity index (χ2v) is 10.5. The number of nitrogens with zero attached hydrogens (tertiary/aromatic N) is 4. The molecule has 7 nitrogen and oxygen atoms in total. The summed E-state index contributed by atoms with van der Waals surface area (Å²) in [6.45, 7) is 2.50. The number of piperidine rings is 1. The Bertz CT molecular complexity index is 1210. The van der Waals surface area contributed by atoms with Crippen LogP contribution in [0.25, 0.3) is 11.0 Å². The lowest BCUT2D eigenvalue weighted by Crippen LogP contribution is -2.43. The lowest BCUT2D eigenvalue weighted by molar-refractivity contribution is -0.137. The number of ether oxygens (including phenoxy) is 1. The van der Waals surface area contributed by atoms with Crippen LogP contribution in [0.15, 0.2) is 53.6 Å². The highest BCUT2D eigenvalue weighted by atomic mass is 16.5. The van der Waals surface area contributed by atoms with E-state index in [1.165, 1.54) is 12.0 Å². The number of rotatable bonds is 7. The Balaban J connectivity index is 1.20. The summed E-state index contributed by atoms with van der Waals surface area (Å²) < 4.78 is 9.02. The van der Waals surface area contributed by atoms with E-state index in [9.17, 15) is 9.59 Å². The van der Waals surface area contributed by atoms with Crippen molar-refractivity contribution in [1.82, 2.24) is 19.0 Å². The number of carbonyl (C=O) groups excluding carboxylic acids is 1. The van der Waals surface area contributed by atoms with Gasteiger partial charge in [-0.3, -0.25) is 18.9 Å². The number of likely N-dealkylation sites (tertiary alicyclic amines) is 1. The van der Waals surface area contributed by atoms with E-state index in [0.717, 1.165) is 69.1 Å². The molecule has 1 aliphatic carbocycles. The Morgan fingerprint density at radius 3 is 2.47 bits per heavy atom. The number of methoxy groups -OCH3 is 1. The van der Waals surface area contributed by atoms with Crippen molar-refractivity contribution in [3.63, 3.8) is 0 Å².